The first kappa shape index (κ1) is 20.4. The Kier molecular flexibility index (Phi) is 5.80. The first-order valence-corrected chi connectivity index (χ1v) is 9.50. The number of hydrogen-bond donors (Lipinski definition) is 2. The van der Waals surface area contributed by atoms with Crippen LogP contribution in [0.3, 0.4) is 0 Å². The van der Waals surface area contributed by atoms with Gasteiger partial charge >= 0.3 is 0 Å². The number of benzene rings is 2. The van der Waals surface area contributed by atoms with Crippen molar-refractivity contribution in [1.29, 1.82) is 0 Å². The van der Waals surface area contributed by atoms with Crippen molar-refractivity contribution in [2.24, 2.45) is 0 Å². The number of rotatable bonds is 5. The Labute approximate surface area is 183 Å². The SMILES string of the molecule is O=C(Cc1ccc(F)cc1)NC(=S)Nc1ccc(Oc2ncnn3cccc23)c(F)c1.[HH].[HH]. The maximum Gasteiger partial charge on any atom is 0.247 e. The number of nitrogens with zero attached hydrogens (tertiary/aromatic N) is 3. The summed E-state index contributed by atoms with van der Waals surface area (Å²) in [6, 6.07) is 13.2. The highest BCUT2D eigenvalue weighted by molar-refractivity contribution is 7.80. The van der Waals surface area contributed by atoms with Crippen LogP contribution in [0.25, 0.3) is 5.52 Å². The van der Waals surface area contributed by atoms with Crippen molar-refractivity contribution in [3.63, 3.8) is 0 Å². The lowest BCUT2D eigenvalue weighted by Gasteiger charge is -2.11. The van der Waals surface area contributed by atoms with Crippen LogP contribution >= 0.6 is 12.2 Å². The molecule has 0 atom stereocenters. The van der Waals surface area contributed by atoms with Crippen molar-refractivity contribution in [3.8, 4) is 11.6 Å². The quantitative estimate of drug-likeness (QED) is 0.447. The molecule has 160 valence electrons. The van der Waals surface area contributed by atoms with Gasteiger partial charge in [0, 0.05) is 20.8 Å². The van der Waals surface area contributed by atoms with E-state index < -0.39 is 5.82 Å². The van der Waals surface area contributed by atoms with Gasteiger partial charge in [-0.05, 0) is 54.2 Å². The highest BCUT2D eigenvalue weighted by Gasteiger charge is 2.12. The summed E-state index contributed by atoms with van der Waals surface area (Å²) in [7, 11) is 0. The van der Waals surface area contributed by atoms with Gasteiger partial charge in [0.1, 0.15) is 17.7 Å². The summed E-state index contributed by atoms with van der Waals surface area (Å²) in [5.74, 6) is -1.23. The number of amides is 1. The fourth-order valence-corrected chi connectivity index (χ4v) is 3.04. The minimum absolute atomic E-state index is 0. The topological polar surface area (TPSA) is 80.5 Å². The summed E-state index contributed by atoms with van der Waals surface area (Å²) < 4.78 is 34.6. The molecule has 0 spiro atoms. The van der Waals surface area contributed by atoms with Gasteiger partial charge in [0.2, 0.25) is 11.8 Å². The van der Waals surface area contributed by atoms with Crippen molar-refractivity contribution in [1.82, 2.24) is 19.9 Å². The molecule has 1 amide bonds. The van der Waals surface area contributed by atoms with Crippen LogP contribution in [-0.2, 0) is 11.2 Å². The molecule has 0 saturated heterocycles. The Morgan fingerprint density at radius 1 is 1.16 bits per heavy atom. The third-order valence-electron chi connectivity index (χ3n) is 4.23. The number of thiocarbonyl (C=S) groups is 1. The molecule has 2 aromatic carbocycles. The molecule has 0 aliphatic rings. The van der Waals surface area contributed by atoms with E-state index in [4.69, 9.17) is 17.0 Å². The average Bonchev–Trinajstić information content (AvgIpc) is 3.21. The lowest BCUT2D eigenvalue weighted by atomic mass is 10.1. The van der Waals surface area contributed by atoms with E-state index in [1.54, 1.807) is 28.9 Å². The highest BCUT2D eigenvalue weighted by atomic mass is 32.1. The Morgan fingerprint density at radius 3 is 2.74 bits per heavy atom. The van der Waals surface area contributed by atoms with E-state index in [2.05, 4.69) is 20.7 Å². The van der Waals surface area contributed by atoms with Crippen LogP contribution in [0.5, 0.6) is 11.6 Å². The molecule has 2 aromatic heterocycles. The Bertz CT molecular complexity index is 1270. The van der Waals surface area contributed by atoms with Crippen LogP contribution in [0.2, 0.25) is 0 Å². The molecule has 0 fully saturated rings. The third kappa shape index (κ3) is 4.98. The molecule has 31 heavy (non-hydrogen) atoms. The van der Waals surface area contributed by atoms with E-state index in [-0.39, 0.29) is 37.7 Å². The van der Waals surface area contributed by atoms with Crippen LogP contribution in [0.15, 0.2) is 67.1 Å². The standard InChI is InChI=1S/C21H15F2N5O2S.2H2/c22-14-5-3-13(4-6-14)10-19(29)27-21(31)26-15-7-8-18(16(23)11-15)30-20-17-2-1-9-28(17)25-12-24-20;;/h1-9,11-12H,10H2,(H2,26,27,29,31);2*1H. The zero-order valence-corrected chi connectivity index (χ0v) is 16.7. The minimum Gasteiger partial charge on any atom is -0.434 e. The van der Waals surface area contributed by atoms with Crippen LogP contribution < -0.4 is 15.4 Å². The Morgan fingerprint density at radius 2 is 1.97 bits per heavy atom. The molecular weight excluding hydrogens is 424 g/mol. The van der Waals surface area contributed by atoms with Gasteiger partial charge in [-0.2, -0.15) is 10.1 Å². The first-order chi connectivity index (χ1) is 15.0. The summed E-state index contributed by atoms with van der Waals surface area (Å²) in [5, 5.41) is 9.26. The molecule has 0 bridgehead atoms. The van der Waals surface area contributed by atoms with E-state index in [0.717, 1.165) is 0 Å². The largest absolute Gasteiger partial charge is 0.434 e. The number of ether oxygens (including phenoxy) is 1. The van der Waals surface area contributed by atoms with E-state index in [1.165, 1.54) is 42.7 Å². The molecule has 0 radical (unpaired) electrons. The molecule has 2 N–H and O–H groups in total. The summed E-state index contributed by atoms with van der Waals surface area (Å²) >= 11 is 5.10. The summed E-state index contributed by atoms with van der Waals surface area (Å²) in [6.45, 7) is 0. The summed E-state index contributed by atoms with van der Waals surface area (Å²) in [4.78, 5) is 16.1. The van der Waals surface area contributed by atoms with Gasteiger partial charge in [0.25, 0.3) is 0 Å². The molecule has 4 aromatic rings. The third-order valence-corrected chi connectivity index (χ3v) is 4.43. The van der Waals surface area contributed by atoms with Gasteiger partial charge in [-0.25, -0.2) is 13.3 Å². The zero-order chi connectivity index (χ0) is 21.8. The van der Waals surface area contributed by atoms with Crippen molar-refractivity contribution in [3.05, 3.63) is 84.3 Å². The lowest BCUT2D eigenvalue weighted by molar-refractivity contribution is -0.119. The van der Waals surface area contributed by atoms with Crippen molar-refractivity contribution >= 4 is 34.4 Å². The number of hydrogen-bond acceptors (Lipinski definition) is 5. The second-order valence-corrected chi connectivity index (χ2v) is 6.86. The van der Waals surface area contributed by atoms with Crippen molar-refractivity contribution in [2.75, 3.05) is 5.32 Å². The molecule has 0 unspecified atom stereocenters. The summed E-state index contributed by atoms with van der Waals surface area (Å²) in [5.41, 5.74) is 1.55. The van der Waals surface area contributed by atoms with Crippen LogP contribution in [0, 0.1) is 11.6 Å². The van der Waals surface area contributed by atoms with Crippen LogP contribution in [0.1, 0.15) is 8.42 Å². The number of aromatic nitrogens is 3. The van der Waals surface area contributed by atoms with E-state index in [0.29, 0.717) is 16.8 Å². The van der Waals surface area contributed by atoms with E-state index in [9.17, 15) is 13.6 Å². The zero-order valence-electron chi connectivity index (χ0n) is 15.9. The number of fused-ring (bicyclic) bond motifs is 1. The molecule has 4 rings (SSSR count). The van der Waals surface area contributed by atoms with Gasteiger partial charge in [0.15, 0.2) is 16.7 Å². The molecule has 10 heteroatoms. The number of anilines is 1. The maximum absolute atomic E-state index is 14.5. The lowest BCUT2D eigenvalue weighted by Crippen LogP contribution is -2.35. The normalized spacial score (nSPS) is 10.6. The molecule has 7 nitrogen and oxygen atoms in total. The first-order valence-electron chi connectivity index (χ1n) is 9.09. The smallest absolute Gasteiger partial charge is 0.247 e. The second-order valence-electron chi connectivity index (χ2n) is 6.46. The number of carbonyl (C=O) groups is 1. The predicted octanol–water partition coefficient (Wildman–Crippen LogP) is 4.35. The van der Waals surface area contributed by atoms with Crippen LogP contribution in [-0.4, -0.2) is 25.6 Å². The number of carbonyl (C=O) groups excluding carboxylic acids is 1. The molecule has 0 aliphatic heterocycles. The number of nitrogens with one attached hydrogen (secondary N) is 2. The predicted molar refractivity (Wildman–Crippen MR) is 118 cm³/mol. The maximum atomic E-state index is 14.5. The molecular formula is C21H19F2N5O2S. The van der Waals surface area contributed by atoms with Gasteiger partial charge in [0.05, 0.1) is 6.42 Å². The fourth-order valence-electron chi connectivity index (χ4n) is 2.81. The van der Waals surface area contributed by atoms with E-state index >= 15 is 0 Å². The molecule has 0 saturated carbocycles. The molecule has 0 aliphatic carbocycles. The number of halogens is 2. The molecule has 2 heterocycles. The second kappa shape index (κ2) is 8.84. The van der Waals surface area contributed by atoms with Crippen LogP contribution in [0.4, 0.5) is 14.5 Å². The van der Waals surface area contributed by atoms with E-state index in [1.807, 2.05) is 0 Å². The Hall–Kier alpha value is -3.92. The Balaban J connectivity index is 0.00000193. The van der Waals surface area contributed by atoms with Gasteiger partial charge in [-0.3, -0.25) is 4.79 Å². The fraction of sp³-hybridized carbons (Fsp3) is 0.0476. The van der Waals surface area contributed by atoms with Crippen molar-refractivity contribution in [2.45, 2.75) is 6.42 Å². The monoisotopic (exact) mass is 443 g/mol. The average molecular weight is 443 g/mol. The minimum atomic E-state index is -0.645. The van der Waals surface area contributed by atoms with Gasteiger partial charge in [-0.1, -0.05) is 12.1 Å². The summed E-state index contributed by atoms with van der Waals surface area (Å²) in [6.07, 6.45) is 3.05. The van der Waals surface area contributed by atoms with Crippen molar-refractivity contribution < 1.29 is 21.2 Å². The van der Waals surface area contributed by atoms with Gasteiger partial charge < -0.3 is 15.4 Å². The highest BCUT2D eigenvalue weighted by Crippen LogP contribution is 2.27. The van der Waals surface area contributed by atoms with Gasteiger partial charge in [-0.15, -0.1) is 0 Å².